The first kappa shape index (κ1) is 25.0. The molecule has 150 valence electrons. The number of hydrogen-bond acceptors (Lipinski definition) is 4. The number of nitrogens with one attached hydrogen (secondary N) is 2. The van der Waals surface area contributed by atoms with Gasteiger partial charge in [-0.25, -0.2) is 4.98 Å². The van der Waals surface area contributed by atoms with Crippen LogP contribution in [0.2, 0.25) is 5.02 Å². The molecule has 0 aromatic carbocycles. The molecule has 1 aromatic heterocycles. The molecule has 0 fully saturated rings. The van der Waals surface area contributed by atoms with E-state index in [1.54, 1.807) is 14.2 Å². The number of nitrogens with zero attached hydrogens (tertiary/aromatic N) is 2. The number of ether oxygens (including phenoxy) is 2. The predicted molar refractivity (Wildman–Crippen MR) is 106 cm³/mol. The topological polar surface area (TPSA) is 67.8 Å². The maximum Gasteiger partial charge on any atom is 0.417 e. The van der Waals surface area contributed by atoms with Gasteiger partial charge in [-0.15, -0.1) is 24.0 Å². The predicted octanol–water partition coefficient (Wildman–Crippen LogP) is 3.34. The number of hydrogen-bond donors (Lipinski definition) is 2. The molecule has 0 atom stereocenters. The van der Waals surface area contributed by atoms with Gasteiger partial charge >= 0.3 is 6.18 Å². The van der Waals surface area contributed by atoms with Gasteiger partial charge in [-0.2, -0.15) is 13.2 Å². The molecule has 0 bridgehead atoms. The second-order valence-corrected chi connectivity index (χ2v) is 6.08. The van der Waals surface area contributed by atoms with Crippen LogP contribution in [0.5, 0.6) is 5.88 Å². The molecule has 1 rings (SSSR count). The number of halogens is 5. The van der Waals surface area contributed by atoms with Crippen molar-refractivity contribution in [2.75, 3.05) is 33.9 Å². The zero-order chi connectivity index (χ0) is 19.1. The van der Waals surface area contributed by atoms with E-state index < -0.39 is 11.7 Å². The molecule has 26 heavy (non-hydrogen) atoms. The van der Waals surface area contributed by atoms with Crippen LogP contribution in [0.15, 0.2) is 17.3 Å². The Kier molecular flexibility index (Phi) is 10.5. The number of aliphatic imine (C=N–C) groups is 1. The first-order valence-corrected chi connectivity index (χ1v) is 7.82. The van der Waals surface area contributed by atoms with E-state index in [-0.39, 0.29) is 47.1 Å². The SMILES string of the molecule is CN=C(NCCOc1ncc(C(F)(F)F)cc1Cl)NCC(C)(C)OC.I. The molecule has 0 aliphatic carbocycles. The first-order valence-electron chi connectivity index (χ1n) is 7.44. The fraction of sp³-hybridized carbons (Fsp3) is 0.600. The molecular formula is C15H23ClF3IN4O2. The highest BCUT2D eigenvalue weighted by Gasteiger charge is 2.31. The summed E-state index contributed by atoms with van der Waals surface area (Å²) in [6.45, 7) is 4.89. The Hall–Kier alpha value is -1.01. The first-order chi connectivity index (χ1) is 11.6. The van der Waals surface area contributed by atoms with Gasteiger partial charge in [-0.3, -0.25) is 4.99 Å². The number of rotatable bonds is 7. The van der Waals surface area contributed by atoms with Crippen LogP contribution in [0.1, 0.15) is 19.4 Å². The smallest absolute Gasteiger partial charge is 0.417 e. The van der Waals surface area contributed by atoms with E-state index in [0.29, 0.717) is 25.2 Å². The van der Waals surface area contributed by atoms with Crippen molar-refractivity contribution in [1.82, 2.24) is 15.6 Å². The van der Waals surface area contributed by atoms with Gasteiger partial charge in [-0.05, 0) is 19.9 Å². The van der Waals surface area contributed by atoms with Crippen LogP contribution in [0.4, 0.5) is 13.2 Å². The molecule has 0 aliphatic rings. The van der Waals surface area contributed by atoms with E-state index in [2.05, 4.69) is 20.6 Å². The molecule has 6 nitrogen and oxygen atoms in total. The van der Waals surface area contributed by atoms with Crippen LogP contribution in [-0.4, -0.2) is 50.4 Å². The van der Waals surface area contributed by atoms with Crippen molar-refractivity contribution in [3.05, 3.63) is 22.8 Å². The average Bonchev–Trinajstić information content (AvgIpc) is 2.54. The molecule has 0 radical (unpaired) electrons. The Labute approximate surface area is 172 Å². The van der Waals surface area contributed by atoms with Gasteiger partial charge in [0.25, 0.3) is 0 Å². The van der Waals surface area contributed by atoms with Crippen LogP contribution in [0, 0.1) is 0 Å². The summed E-state index contributed by atoms with van der Waals surface area (Å²) in [5.41, 5.74) is -1.28. The van der Waals surface area contributed by atoms with E-state index >= 15 is 0 Å². The van der Waals surface area contributed by atoms with Crippen molar-refractivity contribution in [2.24, 2.45) is 4.99 Å². The number of alkyl halides is 3. The molecule has 11 heteroatoms. The summed E-state index contributed by atoms with van der Waals surface area (Å²) in [6.07, 6.45) is -3.81. The fourth-order valence-corrected chi connectivity index (χ4v) is 1.81. The highest BCUT2D eigenvalue weighted by Crippen LogP contribution is 2.32. The Balaban J connectivity index is 0.00000625. The minimum atomic E-state index is -4.50. The van der Waals surface area contributed by atoms with Crippen molar-refractivity contribution in [3.63, 3.8) is 0 Å². The van der Waals surface area contributed by atoms with Crippen LogP contribution < -0.4 is 15.4 Å². The molecule has 0 aliphatic heterocycles. The number of aromatic nitrogens is 1. The van der Waals surface area contributed by atoms with Crippen molar-refractivity contribution < 1.29 is 22.6 Å². The molecule has 0 spiro atoms. The Morgan fingerprint density at radius 3 is 2.46 bits per heavy atom. The number of pyridine rings is 1. The van der Waals surface area contributed by atoms with Gasteiger partial charge in [0.15, 0.2) is 5.96 Å². The molecule has 2 N–H and O–H groups in total. The summed E-state index contributed by atoms with van der Waals surface area (Å²) in [5, 5.41) is 5.89. The second-order valence-electron chi connectivity index (χ2n) is 5.67. The van der Waals surface area contributed by atoms with E-state index in [9.17, 15) is 13.2 Å². The minimum absolute atomic E-state index is 0. The lowest BCUT2D eigenvalue weighted by Crippen LogP contribution is -2.46. The van der Waals surface area contributed by atoms with Gasteiger partial charge in [0, 0.05) is 26.9 Å². The Bertz CT molecular complexity index is 601. The van der Waals surface area contributed by atoms with Crippen LogP contribution in [-0.2, 0) is 10.9 Å². The molecule has 1 heterocycles. The molecule has 1 aromatic rings. The fourth-order valence-electron chi connectivity index (χ4n) is 1.59. The largest absolute Gasteiger partial charge is 0.475 e. The van der Waals surface area contributed by atoms with Gasteiger partial charge in [0.1, 0.15) is 11.6 Å². The molecule has 0 unspecified atom stereocenters. The van der Waals surface area contributed by atoms with E-state index in [0.717, 1.165) is 6.07 Å². The summed E-state index contributed by atoms with van der Waals surface area (Å²) in [5.74, 6) is 0.486. The maximum atomic E-state index is 12.5. The summed E-state index contributed by atoms with van der Waals surface area (Å²) in [4.78, 5) is 7.64. The lowest BCUT2D eigenvalue weighted by Gasteiger charge is -2.24. The monoisotopic (exact) mass is 510 g/mol. The lowest BCUT2D eigenvalue weighted by molar-refractivity contribution is -0.137. The zero-order valence-electron chi connectivity index (χ0n) is 14.9. The number of methoxy groups -OCH3 is 1. The molecule has 0 amide bonds. The van der Waals surface area contributed by atoms with Gasteiger partial charge in [0.2, 0.25) is 5.88 Å². The van der Waals surface area contributed by atoms with Gasteiger partial charge in [-0.1, -0.05) is 11.6 Å². The summed E-state index contributed by atoms with van der Waals surface area (Å²) < 4.78 is 48.2. The zero-order valence-corrected chi connectivity index (χ0v) is 18.0. The van der Waals surface area contributed by atoms with Crippen molar-refractivity contribution in [1.29, 1.82) is 0 Å². The Morgan fingerprint density at radius 1 is 1.31 bits per heavy atom. The molecule has 0 saturated carbocycles. The standard InChI is InChI=1S/C15H22ClF3N4O2.HI/c1-14(2,24-4)9-23-13(20-3)21-5-6-25-12-11(16)7-10(8-22-12)15(17,18)19;/h7-8H,5-6,9H2,1-4H3,(H2,20,21,23);1H. The van der Waals surface area contributed by atoms with Crippen LogP contribution >= 0.6 is 35.6 Å². The van der Waals surface area contributed by atoms with Crippen molar-refractivity contribution in [2.45, 2.75) is 25.6 Å². The lowest BCUT2D eigenvalue weighted by atomic mass is 10.1. The van der Waals surface area contributed by atoms with Crippen molar-refractivity contribution >= 4 is 41.5 Å². The third kappa shape index (κ3) is 8.58. The summed E-state index contributed by atoms with van der Waals surface area (Å²) in [6, 6.07) is 0.782. The highest BCUT2D eigenvalue weighted by molar-refractivity contribution is 14.0. The van der Waals surface area contributed by atoms with Crippen LogP contribution in [0.25, 0.3) is 0 Å². The van der Waals surface area contributed by atoms with E-state index in [1.807, 2.05) is 13.8 Å². The van der Waals surface area contributed by atoms with Gasteiger partial charge < -0.3 is 20.1 Å². The molecule has 0 saturated heterocycles. The van der Waals surface area contributed by atoms with Crippen LogP contribution in [0.3, 0.4) is 0 Å². The van der Waals surface area contributed by atoms with E-state index in [4.69, 9.17) is 21.1 Å². The average molecular weight is 511 g/mol. The Morgan fingerprint density at radius 2 is 1.96 bits per heavy atom. The second kappa shape index (κ2) is 11.0. The van der Waals surface area contributed by atoms with Crippen molar-refractivity contribution in [3.8, 4) is 5.88 Å². The number of guanidine groups is 1. The van der Waals surface area contributed by atoms with Gasteiger partial charge in [0.05, 0.1) is 17.7 Å². The quantitative estimate of drug-likeness (QED) is 0.255. The third-order valence-corrected chi connectivity index (χ3v) is 3.50. The maximum absolute atomic E-state index is 12.5. The minimum Gasteiger partial charge on any atom is -0.475 e. The highest BCUT2D eigenvalue weighted by atomic mass is 127. The molecular weight excluding hydrogens is 488 g/mol. The summed E-state index contributed by atoms with van der Waals surface area (Å²) >= 11 is 5.76. The summed E-state index contributed by atoms with van der Waals surface area (Å²) in [7, 11) is 3.23. The van der Waals surface area contributed by atoms with E-state index in [1.165, 1.54) is 0 Å². The third-order valence-electron chi connectivity index (χ3n) is 3.23. The normalized spacial score (nSPS) is 12.4.